The lowest BCUT2D eigenvalue weighted by Crippen LogP contribution is -2.27. The molecular formula is C19H19NO5. The van der Waals surface area contributed by atoms with Gasteiger partial charge in [0.25, 0.3) is 0 Å². The number of fused-ring (bicyclic) bond motifs is 2. The average Bonchev–Trinajstić information content (AvgIpc) is 2.61. The molecule has 0 atom stereocenters. The van der Waals surface area contributed by atoms with Gasteiger partial charge in [-0.25, -0.2) is 0 Å². The number of aromatic hydroxyl groups is 2. The molecule has 25 heavy (non-hydrogen) atoms. The average molecular weight is 341 g/mol. The number of phenolic OH excluding ortho intramolecular Hbond substituents is 2. The lowest BCUT2D eigenvalue weighted by Gasteiger charge is -2.27. The number of hydrogen-bond acceptors (Lipinski definition) is 6. The van der Waals surface area contributed by atoms with Gasteiger partial charge in [0.15, 0.2) is 17.3 Å². The van der Waals surface area contributed by atoms with Gasteiger partial charge in [-0.2, -0.15) is 0 Å². The molecule has 0 heterocycles. The molecule has 6 heteroatoms. The van der Waals surface area contributed by atoms with E-state index in [-0.39, 0.29) is 39.4 Å². The van der Waals surface area contributed by atoms with Crippen molar-refractivity contribution in [2.75, 3.05) is 18.2 Å². The number of rotatable bonds is 5. The summed E-state index contributed by atoms with van der Waals surface area (Å²) in [6.07, 6.45) is 0.729. The maximum atomic E-state index is 12.8. The first-order valence-electron chi connectivity index (χ1n) is 8.19. The number of anilines is 1. The summed E-state index contributed by atoms with van der Waals surface area (Å²) < 4.78 is 0. The van der Waals surface area contributed by atoms with E-state index in [1.807, 2.05) is 6.92 Å². The van der Waals surface area contributed by atoms with Crippen LogP contribution < -0.4 is 5.06 Å². The molecule has 0 amide bonds. The molecule has 2 aromatic carbocycles. The van der Waals surface area contributed by atoms with Gasteiger partial charge in [-0.3, -0.25) is 19.5 Å². The van der Waals surface area contributed by atoms with E-state index in [1.165, 1.54) is 23.3 Å². The Morgan fingerprint density at radius 1 is 1.00 bits per heavy atom. The van der Waals surface area contributed by atoms with Crippen molar-refractivity contribution < 1.29 is 24.6 Å². The van der Waals surface area contributed by atoms with Crippen molar-refractivity contribution in [1.82, 2.24) is 0 Å². The Morgan fingerprint density at radius 2 is 1.60 bits per heavy atom. The molecule has 6 nitrogen and oxygen atoms in total. The van der Waals surface area contributed by atoms with Gasteiger partial charge in [-0.15, -0.1) is 0 Å². The number of carbonyl (C=O) groups is 2. The molecule has 0 fully saturated rings. The minimum Gasteiger partial charge on any atom is -0.507 e. The normalized spacial score (nSPS) is 12.7. The van der Waals surface area contributed by atoms with Crippen LogP contribution in [0.4, 0.5) is 5.69 Å². The van der Waals surface area contributed by atoms with Crippen LogP contribution in [0.15, 0.2) is 30.3 Å². The number of phenols is 2. The Balaban J connectivity index is 2.23. The number of nitrogens with zero attached hydrogens (tertiary/aromatic N) is 1. The van der Waals surface area contributed by atoms with Crippen LogP contribution in [0.5, 0.6) is 11.5 Å². The zero-order valence-corrected chi connectivity index (χ0v) is 14.1. The number of ketones is 2. The van der Waals surface area contributed by atoms with Crippen LogP contribution in [0.1, 0.15) is 52.1 Å². The van der Waals surface area contributed by atoms with E-state index in [9.17, 15) is 19.8 Å². The van der Waals surface area contributed by atoms with Crippen molar-refractivity contribution in [2.24, 2.45) is 0 Å². The molecule has 130 valence electrons. The Kier molecular flexibility index (Phi) is 4.46. The number of carbonyl (C=O) groups excluding carboxylic acids is 2. The summed E-state index contributed by atoms with van der Waals surface area (Å²) in [7, 11) is 0. The van der Waals surface area contributed by atoms with Gasteiger partial charge >= 0.3 is 0 Å². The lowest BCUT2D eigenvalue weighted by molar-refractivity contribution is 0.0972. The van der Waals surface area contributed by atoms with Crippen molar-refractivity contribution in [3.63, 3.8) is 0 Å². The molecule has 0 radical (unpaired) electrons. The molecule has 0 saturated heterocycles. The third-order valence-electron chi connectivity index (χ3n) is 4.11. The van der Waals surface area contributed by atoms with E-state index < -0.39 is 11.6 Å². The molecule has 1 aliphatic carbocycles. The first kappa shape index (κ1) is 17.0. The summed E-state index contributed by atoms with van der Waals surface area (Å²) >= 11 is 0. The fourth-order valence-electron chi connectivity index (χ4n) is 3.05. The van der Waals surface area contributed by atoms with Crippen LogP contribution in [-0.4, -0.2) is 34.9 Å². The molecule has 0 aliphatic heterocycles. The van der Waals surface area contributed by atoms with E-state index in [0.29, 0.717) is 13.2 Å². The first-order valence-corrected chi connectivity index (χ1v) is 8.19. The van der Waals surface area contributed by atoms with E-state index in [1.54, 1.807) is 19.1 Å². The second-order valence-electron chi connectivity index (χ2n) is 5.74. The van der Waals surface area contributed by atoms with E-state index in [4.69, 9.17) is 4.84 Å². The van der Waals surface area contributed by atoms with Gasteiger partial charge in [0.1, 0.15) is 11.4 Å². The van der Waals surface area contributed by atoms with Gasteiger partial charge in [0.05, 0.1) is 17.7 Å². The molecule has 3 rings (SSSR count). The Morgan fingerprint density at radius 3 is 2.16 bits per heavy atom. The SMILES string of the molecule is CCCN(OCC)c1cc(O)c2c(c1O)C(=O)c1ccccc1C2=O. The molecule has 0 unspecified atom stereocenters. The number of hydrogen-bond donors (Lipinski definition) is 2. The molecule has 0 saturated carbocycles. The maximum Gasteiger partial charge on any atom is 0.198 e. The summed E-state index contributed by atoms with van der Waals surface area (Å²) in [5, 5.41) is 22.5. The quantitative estimate of drug-likeness (QED) is 0.548. The van der Waals surface area contributed by atoms with Crippen LogP contribution >= 0.6 is 0 Å². The van der Waals surface area contributed by atoms with Crippen molar-refractivity contribution in [2.45, 2.75) is 20.3 Å². The third kappa shape index (κ3) is 2.64. The summed E-state index contributed by atoms with van der Waals surface area (Å²) in [6, 6.07) is 7.64. The maximum absolute atomic E-state index is 12.8. The largest absolute Gasteiger partial charge is 0.507 e. The standard InChI is InChI=1S/C19H19NO5/c1-3-9-20(25-4-2)13-10-14(21)15-16(19(13)24)18(23)12-8-6-5-7-11(12)17(15)22/h5-8,10,21,24H,3-4,9H2,1-2H3. The molecule has 0 aromatic heterocycles. The zero-order valence-electron chi connectivity index (χ0n) is 14.1. The molecular weight excluding hydrogens is 322 g/mol. The Bertz CT molecular complexity index is 853. The lowest BCUT2D eigenvalue weighted by atomic mass is 9.82. The van der Waals surface area contributed by atoms with Gasteiger partial charge in [0, 0.05) is 23.7 Å². The van der Waals surface area contributed by atoms with E-state index in [2.05, 4.69) is 0 Å². The second-order valence-corrected chi connectivity index (χ2v) is 5.74. The van der Waals surface area contributed by atoms with Crippen molar-refractivity contribution in [3.8, 4) is 11.5 Å². The summed E-state index contributed by atoms with van der Waals surface area (Å²) in [6.45, 7) is 4.54. The monoisotopic (exact) mass is 341 g/mol. The van der Waals surface area contributed by atoms with Crippen LogP contribution in [0.25, 0.3) is 0 Å². The fourth-order valence-corrected chi connectivity index (χ4v) is 3.05. The smallest absolute Gasteiger partial charge is 0.198 e. The topological polar surface area (TPSA) is 87.1 Å². The Labute approximate surface area is 145 Å². The highest BCUT2D eigenvalue weighted by molar-refractivity contribution is 6.30. The van der Waals surface area contributed by atoms with Crippen molar-refractivity contribution >= 4 is 17.3 Å². The minimum atomic E-state index is -0.493. The van der Waals surface area contributed by atoms with Crippen LogP contribution in [0.2, 0.25) is 0 Å². The fraction of sp³-hybridized carbons (Fsp3) is 0.263. The second kappa shape index (κ2) is 6.57. The van der Waals surface area contributed by atoms with Crippen LogP contribution in [0, 0.1) is 0 Å². The summed E-state index contributed by atoms with van der Waals surface area (Å²) in [5.74, 6) is -1.69. The first-order chi connectivity index (χ1) is 12.0. The number of hydroxylamine groups is 1. The zero-order chi connectivity index (χ0) is 18.1. The minimum absolute atomic E-state index is 0.167. The molecule has 0 bridgehead atoms. The Hall–Kier alpha value is -2.86. The highest BCUT2D eigenvalue weighted by atomic mass is 16.7. The van der Waals surface area contributed by atoms with Crippen molar-refractivity contribution in [3.05, 3.63) is 52.6 Å². The van der Waals surface area contributed by atoms with Crippen molar-refractivity contribution in [1.29, 1.82) is 0 Å². The van der Waals surface area contributed by atoms with Gasteiger partial charge in [-0.05, 0) is 13.3 Å². The number of benzene rings is 2. The predicted octanol–water partition coefficient (Wildman–Crippen LogP) is 3.04. The molecule has 2 aromatic rings. The summed E-state index contributed by atoms with van der Waals surface area (Å²) in [4.78, 5) is 31.0. The van der Waals surface area contributed by atoms with E-state index in [0.717, 1.165) is 6.42 Å². The van der Waals surface area contributed by atoms with Crippen LogP contribution in [-0.2, 0) is 4.84 Å². The van der Waals surface area contributed by atoms with Gasteiger partial charge < -0.3 is 10.2 Å². The predicted molar refractivity (Wildman–Crippen MR) is 92.3 cm³/mol. The van der Waals surface area contributed by atoms with Crippen LogP contribution in [0.3, 0.4) is 0 Å². The molecule has 0 spiro atoms. The third-order valence-corrected chi connectivity index (χ3v) is 4.11. The molecule has 1 aliphatic rings. The molecule has 2 N–H and O–H groups in total. The van der Waals surface area contributed by atoms with E-state index >= 15 is 0 Å². The highest BCUT2D eigenvalue weighted by Gasteiger charge is 2.36. The summed E-state index contributed by atoms with van der Waals surface area (Å²) in [5.41, 5.74) is 0.251. The highest BCUT2D eigenvalue weighted by Crippen LogP contribution is 2.43. The van der Waals surface area contributed by atoms with Gasteiger partial charge in [-0.1, -0.05) is 31.2 Å². The van der Waals surface area contributed by atoms with Gasteiger partial charge in [0.2, 0.25) is 0 Å².